The van der Waals surface area contributed by atoms with E-state index in [1.807, 2.05) is 38.1 Å². The first-order chi connectivity index (χ1) is 12.9. The van der Waals surface area contributed by atoms with Crippen molar-refractivity contribution in [3.8, 4) is 5.75 Å². The Morgan fingerprint density at radius 3 is 2.74 bits per heavy atom. The summed E-state index contributed by atoms with van der Waals surface area (Å²) in [6.45, 7) is 3.96. The molecule has 1 amide bonds. The molecule has 0 radical (unpaired) electrons. The molecule has 0 unspecified atom stereocenters. The van der Waals surface area contributed by atoms with Crippen LogP contribution in [0.15, 0.2) is 42.6 Å². The topological polar surface area (TPSA) is 51.2 Å². The average Bonchev–Trinajstić information content (AvgIpc) is 3.06. The first kappa shape index (κ1) is 19.7. The quantitative estimate of drug-likeness (QED) is 0.558. The number of nitrogens with zero attached hydrogens (tertiary/aromatic N) is 1. The van der Waals surface area contributed by atoms with Crippen LogP contribution in [0.25, 0.3) is 0 Å². The van der Waals surface area contributed by atoms with Crippen molar-refractivity contribution in [1.82, 2.24) is 4.98 Å². The highest BCUT2D eigenvalue weighted by Gasteiger charge is 2.10. The van der Waals surface area contributed by atoms with Crippen LogP contribution in [0, 0.1) is 13.8 Å². The number of rotatable bonds is 6. The van der Waals surface area contributed by atoms with Crippen LogP contribution in [0.1, 0.15) is 21.6 Å². The number of anilines is 1. The van der Waals surface area contributed by atoms with Gasteiger partial charge in [-0.3, -0.25) is 10.1 Å². The van der Waals surface area contributed by atoms with Crippen molar-refractivity contribution < 1.29 is 9.53 Å². The molecule has 0 bridgehead atoms. The molecule has 0 saturated heterocycles. The van der Waals surface area contributed by atoms with Crippen LogP contribution < -0.4 is 10.1 Å². The molecule has 3 rings (SSSR count). The van der Waals surface area contributed by atoms with Gasteiger partial charge < -0.3 is 4.74 Å². The second-order valence-corrected chi connectivity index (χ2v) is 8.09. The van der Waals surface area contributed by atoms with E-state index >= 15 is 0 Å². The van der Waals surface area contributed by atoms with Crippen LogP contribution in [-0.4, -0.2) is 17.5 Å². The van der Waals surface area contributed by atoms with Gasteiger partial charge in [0.05, 0.1) is 0 Å². The van der Waals surface area contributed by atoms with E-state index in [0.29, 0.717) is 27.3 Å². The first-order valence-electron chi connectivity index (χ1n) is 8.29. The molecule has 0 atom stereocenters. The Kier molecular flexibility index (Phi) is 6.37. The van der Waals surface area contributed by atoms with E-state index < -0.39 is 0 Å². The third-order valence-electron chi connectivity index (χ3n) is 4.02. The second kappa shape index (κ2) is 8.74. The summed E-state index contributed by atoms with van der Waals surface area (Å²) in [4.78, 5) is 17.3. The Bertz CT molecular complexity index is 972. The largest absolute Gasteiger partial charge is 0.484 e. The SMILES string of the molecule is Cc1ccc(OCC(=O)Nc2ncc(Cc3cc(Cl)ccc3Cl)s2)cc1C. The molecule has 2 aromatic carbocycles. The van der Waals surface area contributed by atoms with Crippen LogP contribution in [0.5, 0.6) is 5.75 Å². The lowest BCUT2D eigenvalue weighted by Gasteiger charge is -2.07. The van der Waals surface area contributed by atoms with Crippen LogP contribution in [0.3, 0.4) is 0 Å². The Morgan fingerprint density at radius 2 is 1.96 bits per heavy atom. The molecule has 7 heteroatoms. The van der Waals surface area contributed by atoms with Gasteiger partial charge in [0.15, 0.2) is 11.7 Å². The molecule has 1 N–H and O–H groups in total. The predicted molar refractivity (Wildman–Crippen MR) is 111 cm³/mol. The van der Waals surface area contributed by atoms with Crippen molar-refractivity contribution in [3.05, 3.63) is 74.2 Å². The summed E-state index contributed by atoms with van der Waals surface area (Å²) in [5, 5.41) is 4.57. The van der Waals surface area contributed by atoms with E-state index in [0.717, 1.165) is 16.0 Å². The zero-order valence-electron chi connectivity index (χ0n) is 14.9. The third kappa shape index (κ3) is 5.45. The summed E-state index contributed by atoms with van der Waals surface area (Å²) in [5.74, 6) is 0.415. The number of carbonyl (C=O) groups is 1. The highest BCUT2D eigenvalue weighted by Crippen LogP contribution is 2.27. The summed E-state index contributed by atoms with van der Waals surface area (Å²) >= 11 is 13.6. The van der Waals surface area contributed by atoms with E-state index in [-0.39, 0.29) is 12.5 Å². The fraction of sp³-hybridized carbons (Fsp3) is 0.200. The lowest BCUT2D eigenvalue weighted by Crippen LogP contribution is -2.20. The molecule has 0 spiro atoms. The summed E-state index contributed by atoms with van der Waals surface area (Å²) in [5.41, 5.74) is 3.22. The van der Waals surface area contributed by atoms with Gasteiger partial charge in [0.2, 0.25) is 0 Å². The van der Waals surface area contributed by atoms with Gasteiger partial charge in [0.1, 0.15) is 5.75 Å². The Hall–Kier alpha value is -2.08. The van der Waals surface area contributed by atoms with E-state index in [4.69, 9.17) is 27.9 Å². The number of nitrogens with one attached hydrogen (secondary N) is 1. The fourth-order valence-corrected chi connectivity index (χ4v) is 3.65. The molecular weight excluding hydrogens is 403 g/mol. The maximum Gasteiger partial charge on any atom is 0.264 e. The number of carbonyl (C=O) groups excluding carboxylic acids is 1. The second-order valence-electron chi connectivity index (χ2n) is 6.13. The van der Waals surface area contributed by atoms with Crippen molar-refractivity contribution in [1.29, 1.82) is 0 Å². The van der Waals surface area contributed by atoms with Crippen molar-refractivity contribution >= 4 is 45.6 Å². The molecule has 1 heterocycles. The van der Waals surface area contributed by atoms with Gasteiger partial charge in [0.25, 0.3) is 5.91 Å². The third-order valence-corrected chi connectivity index (χ3v) is 5.54. The van der Waals surface area contributed by atoms with Gasteiger partial charge in [-0.05, 0) is 60.9 Å². The van der Waals surface area contributed by atoms with Gasteiger partial charge >= 0.3 is 0 Å². The zero-order valence-corrected chi connectivity index (χ0v) is 17.2. The van der Waals surface area contributed by atoms with Crippen LogP contribution in [0.4, 0.5) is 5.13 Å². The molecule has 27 heavy (non-hydrogen) atoms. The molecule has 0 aliphatic rings. The minimum atomic E-state index is -0.255. The highest BCUT2D eigenvalue weighted by atomic mass is 35.5. The lowest BCUT2D eigenvalue weighted by molar-refractivity contribution is -0.118. The maximum atomic E-state index is 12.1. The Morgan fingerprint density at radius 1 is 1.15 bits per heavy atom. The number of amides is 1. The van der Waals surface area contributed by atoms with E-state index in [1.165, 1.54) is 16.9 Å². The van der Waals surface area contributed by atoms with Crippen molar-refractivity contribution in [3.63, 3.8) is 0 Å². The lowest BCUT2D eigenvalue weighted by atomic mass is 10.1. The molecule has 0 aliphatic heterocycles. The Balaban J connectivity index is 1.56. The van der Waals surface area contributed by atoms with Crippen molar-refractivity contribution in [2.45, 2.75) is 20.3 Å². The number of hydrogen-bond donors (Lipinski definition) is 1. The smallest absolute Gasteiger partial charge is 0.264 e. The van der Waals surface area contributed by atoms with E-state index in [1.54, 1.807) is 18.3 Å². The van der Waals surface area contributed by atoms with E-state index in [9.17, 15) is 4.79 Å². The normalized spacial score (nSPS) is 10.7. The fourth-order valence-electron chi connectivity index (χ4n) is 2.42. The van der Waals surface area contributed by atoms with Gasteiger partial charge in [0, 0.05) is 27.5 Å². The van der Waals surface area contributed by atoms with Crippen molar-refractivity contribution in [2.24, 2.45) is 0 Å². The molecule has 0 fully saturated rings. The number of halogens is 2. The molecule has 4 nitrogen and oxygen atoms in total. The predicted octanol–water partition coefficient (Wildman–Crippen LogP) is 5.68. The van der Waals surface area contributed by atoms with Crippen LogP contribution in [0.2, 0.25) is 10.0 Å². The van der Waals surface area contributed by atoms with Gasteiger partial charge in [-0.2, -0.15) is 0 Å². The first-order valence-corrected chi connectivity index (χ1v) is 9.86. The summed E-state index contributed by atoms with van der Waals surface area (Å²) in [6, 6.07) is 11.1. The van der Waals surface area contributed by atoms with Gasteiger partial charge in [-0.25, -0.2) is 4.98 Å². The molecule has 0 aliphatic carbocycles. The molecule has 1 aromatic heterocycles. The standard InChI is InChI=1S/C20H18Cl2N2O2S/c1-12-3-5-16(7-13(12)2)26-11-19(25)24-20-23-10-17(27-20)9-14-8-15(21)4-6-18(14)22/h3-8,10H,9,11H2,1-2H3,(H,23,24,25). The van der Waals surface area contributed by atoms with Crippen molar-refractivity contribution in [2.75, 3.05) is 11.9 Å². The minimum absolute atomic E-state index is 0.0719. The molecule has 140 valence electrons. The van der Waals surface area contributed by atoms with E-state index in [2.05, 4.69) is 10.3 Å². The maximum absolute atomic E-state index is 12.1. The number of ether oxygens (including phenoxy) is 1. The Labute approximate surface area is 172 Å². The van der Waals surface area contributed by atoms with Gasteiger partial charge in [-0.15, -0.1) is 11.3 Å². The molecule has 3 aromatic rings. The highest BCUT2D eigenvalue weighted by molar-refractivity contribution is 7.15. The summed E-state index contributed by atoms with van der Waals surface area (Å²) in [6.07, 6.45) is 2.33. The molecule has 0 saturated carbocycles. The number of thiazole rings is 1. The monoisotopic (exact) mass is 420 g/mol. The molecular formula is C20H18Cl2N2O2S. The number of aromatic nitrogens is 1. The van der Waals surface area contributed by atoms with Crippen LogP contribution >= 0.6 is 34.5 Å². The summed E-state index contributed by atoms with van der Waals surface area (Å²) in [7, 11) is 0. The summed E-state index contributed by atoms with van der Waals surface area (Å²) < 4.78 is 5.54. The number of hydrogen-bond acceptors (Lipinski definition) is 4. The average molecular weight is 421 g/mol. The number of aryl methyl sites for hydroxylation is 2. The van der Waals surface area contributed by atoms with Gasteiger partial charge in [-0.1, -0.05) is 29.3 Å². The number of benzene rings is 2. The zero-order chi connectivity index (χ0) is 19.4. The minimum Gasteiger partial charge on any atom is -0.484 e. The van der Waals surface area contributed by atoms with Crippen LogP contribution in [-0.2, 0) is 11.2 Å².